The predicted molar refractivity (Wildman–Crippen MR) is 85.6 cm³/mol. The zero-order chi connectivity index (χ0) is 14.8. The molecule has 0 unspecified atom stereocenters. The minimum atomic E-state index is -0.222. The molecule has 0 bridgehead atoms. The summed E-state index contributed by atoms with van der Waals surface area (Å²) in [5.74, 6) is -0.222. The Kier molecular flexibility index (Phi) is 3.53. The summed E-state index contributed by atoms with van der Waals surface area (Å²) in [7, 11) is 0. The number of amides is 1. The lowest BCUT2D eigenvalue weighted by Crippen LogP contribution is -2.11. The second kappa shape index (κ2) is 5.49. The molecule has 1 aromatic carbocycles. The molecule has 3 aromatic rings. The number of carbonyl (C=O) groups excluding carboxylic acids is 1. The first-order valence-corrected chi connectivity index (χ1v) is 7.40. The summed E-state index contributed by atoms with van der Waals surface area (Å²) in [6.45, 7) is 2.09. The number of rotatable bonds is 3. The van der Waals surface area contributed by atoms with Gasteiger partial charge < -0.3 is 11.1 Å². The molecule has 3 N–H and O–H groups in total. The Bertz CT molecular complexity index is 795. The third-order valence-electron chi connectivity index (χ3n) is 3.25. The van der Waals surface area contributed by atoms with E-state index in [0.717, 1.165) is 17.5 Å². The molecule has 0 radical (unpaired) electrons. The molecule has 0 saturated carbocycles. The van der Waals surface area contributed by atoms with Crippen LogP contribution in [0.1, 0.15) is 22.2 Å². The Labute approximate surface area is 125 Å². The van der Waals surface area contributed by atoms with Crippen molar-refractivity contribution < 1.29 is 4.79 Å². The topological polar surface area (TPSA) is 80.9 Å². The van der Waals surface area contributed by atoms with Gasteiger partial charge in [-0.25, -0.2) is 0 Å². The highest BCUT2D eigenvalue weighted by atomic mass is 32.1. The van der Waals surface area contributed by atoms with Crippen molar-refractivity contribution in [3.05, 3.63) is 47.0 Å². The van der Waals surface area contributed by atoms with E-state index in [1.54, 1.807) is 12.3 Å². The fourth-order valence-electron chi connectivity index (χ4n) is 2.05. The van der Waals surface area contributed by atoms with Gasteiger partial charge in [-0.05, 0) is 30.2 Å². The first-order valence-electron chi connectivity index (χ1n) is 6.59. The molecule has 6 heteroatoms. The number of hydrogen-bond acceptors (Lipinski definition) is 5. The Balaban J connectivity index is 1.87. The van der Waals surface area contributed by atoms with Crippen LogP contribution in [0, 0.1) is 0 Å². The fraction of sp³-hybridized carbons (Fsp3) is 0.133. The first-order chi connectivity index (χ1) is 10.2. The lowest BCUT2D eigenvalue weighted by atomic mass is 10.1. The van der Waals surface area contributed by atoms with E-state index in [2.05, 4.69) is 22.4 Å². The molecule has 0 aliphatic carbocycles. The first kappa shape index (κ1) is 13.5. The number of carbonyl (C=O) groups is 1. The monoisotopic (exact) mass is 298 g/mol. The van der Waals surface area contributed by atoms with Gasteiger partial charge in [0.15, 0.2) is 0 Å². The Morgan fingerprint density at radius 2 is 2.05 bits per heavy atom. The van der Waals surface area contributed by atoms with Gasteiger partial charge in [-0.15, -0.1) is 16.4 Å². The number of aromatic nitrogens is 2. The highest BCUT2D eigenvalue weighted by Crippen LogP contribution is 2.32. The number of nitrogens with zero attached hydrogens (tertiary/aromatic N) is 2. The standard InChI is InChI=1S/C15H14N4OS/c1-2-9-3-5-10(6-4-9)18-14(20)13-12(16)11-7-8-17-19-15(11)21-13/h3-8H,2,16H2,1H3,(H,18,20). The van der Waals surface area contributed by atoms with E-state index in [4.69, 9.17) is 5.73 Å². The summed E-state index contributed by atoms with van der Waals surface area (Å²) in [6.07, 6.45) is 2.53. The van der Waals surface area contributed by atoms with E-state index in [1.807, 2.05) is 24.3 Å². The van der Waals surface area contributed by atoms with E-state index in [0.29, 0.717) is 15.4 Å². The molecular formula is C15H14N4OS. The normalized spacial score (nSPS) is 10.7. The molecule has 0 aliphatic rings. The van der Waals surface area contributed by atoms with Crippen molar-refractivity contribution >= 4 is 38.8 Å². The van der Waals surface area contributed by atoms with E-state index in [1.165, 1.54) is 16.9 Å². The molecule has 2 aromatic heterocycles. The van der Waals surface area contributed by atoms with Crippen LogP contribution in [0.25, 0.3) is 10.2 Å². The molecular weight excluding hydrogens is 284 g/mol. The average Bonchev–Trinajstić information content (AvgIpc) is 2.86. The summed E-state index contributed by atoms with van der Waals surface area (Å²) in [4.78, 5) is 13.5. The maximum absolute atomic E-state index is 12.3. The highest BCUT2D eigenvalue weighted by molar-refractivity contribution is 7.21. The average molecular weight is 298 g/mol. The fourth-order valence-corrected chi connectivity index (χ4v) is 2.99. The van der Waals surface area contributed by atoms with Crippen LogP contribution < -0.4 is 11.1 Å². The molecule has 21 heavy (non-hydrogen) atoms. The molecule has 0 atom stereocenters. The Hall–Kier alpha value is -2.47. The second-order valence-electron chi connectivity index (χ2n) is 4.60. The van der Waals surface area contributed by atoms with Crippen molar-refractivity contribution in [2.75, 3.05) is 11.1 Å². The van der Waals surface area contributed by atoms with Crippen molar-refractivity contribution in [1.82, 2.24) is 10.2 Å². The van der Waals surface area contributed by atoms with Crippen LogP contribution in [-0.2, 0) is 6.42 Å². The van der Waals surface area contributed by atoms with Crippen LogP contribution in [0.2, 0.25) is 0 Å². The number of thiophene rings is 1. The van der Waals surface area contributed by atoms with Gasteiger partial charge in [0, 0.05) is 11.1 Å². The molecule has 2 heterocycles. The SMILES string of the molecule is CCc1ccc(NC(=O)c2sc3nnccc3c2N)cc1. The number of nitrogens with two attached hydrogens (primary N) is 1. The van der Waals surface area contributed by atoms with Crippen LogP contribution >= 0.6 is 11.3 Å². The largest absolute Gasteiger partial charge is 0.397 e. The van der Waals surface area contributed by atoms with Gasteiger partial charge in [0.1, 0.15) is 9.71 Å². The maximum atomic E-state index is 12.3. The zero-order valence-electron chi connectivity index (χ0n) is 11.5. The minimum Gasteiger partial charge on any atom is -0.397 e. The van der Waals surface area contributed by atoms with Crippen molar-refractivity contribution in [3.8, 4) is 0 Å². The Morgan fingerprint density at radius 3 is 2.71 bits per heavy atom. The number of fused-ring (bicyclic) bond motifs is 1. The van der Waals surface area contributed by atoms with Crippen LogP contribution in [0.15, 0.2) is 36.5 Å². The molecule has 3 rings (SSSR count). The number of nitrogens with one attached hydrogen (secondary N) is 1. The summed E-state index contributed by atoms with van der Waals surface area (Å²) in [5.41, 5.74) is 8.45. The number of benzene rings is 1. The van der Waals surface area contributed by atoms with Gasteiger partial charge >= 0.3 is 0 Å². The van der Waals surface area contributed by atoms with Crippen molar-refractivity contribution in [1.29, 1.82) is 0 Å². The molecule has 5 nitrogen and oxygen atoms in total. The molecule has 0 aliphatic heterocycles. The van der Waals surface area contributed by atoms with Crippen molar-refractivity contribution in [3.63, 3.8) is 0 Å². The van der Waals surface area contributed by atoms with Gasteiger partial charge in [0.25, 0.3) is 5.91 Å². The van der Waals surface area contributed by atoms with E-state index < -0.39 is 0 Å². The third kappa shape index (κ3) is 2.57. The van der Waals surface area contributed by atoms with Crippen LogP contribution in [-0.4, -0.2) is 16.1 Å². The number of nitrogen functional groups attached to an aromatic ring is 1. The van der Waals surface area contributed by atoms with Gasteiger partial charge in [-0.3, -0.25) is 4.79 Å². The second-order valence-corrected chi connectivity index (χ2v) is 5.60. The molecule has 0 fully saturated rings. The van der Waals surface area contributed by atoms with Crippen LogP contribution in [0.3, 0.4) is 0 Å². The van der Waals surface area contributed by atoms with Gasteiger partial charge in [-0.1, -0.05) is 19.1 Å². The lowest BCUT2D eigenvalue weighted by molar-refractivity contribution is 0.103. The highest BCUT2D eigenvalue weighted by Gasteiger charge is 2.17. The number of aryl methyl sites for hydroxylation is 1. The van der Waals surface area contributed by atoms with Crippen molar-refractivity contribution in [2.24, 2.45) is 0 Å². The third-order valence-corrected chi connectivity index (χ3v) is 4.35. The van der Waals surface area contributed by atoms with E-state index in [9.17, 15) is 4.79 Å². The molecule has 0 saturated heterocycles. The number of hydrogen-bond donors (Lipinski definition) is 2. The summed E-state index contributed by atoms with van der Waals surface area (Å²) in [5, 5.41) is 11.4. The van der Waals surface area contributed by atoms with Gasteiger partial charge in [-0.2, -0.15) is 5.10 Å². The summed E-state index contributed by atoms with van der Waals surface area (Å²) in [6, 6.07) is 9.53. The van der Waals surface area contributed by atoms with E-state index >= 15 is 0 Å². The van der Waals surface area contributed by atoms with E-state index in [-0.39, 0.29) is 5.91 Å². The summed E-state index contributed by atoms with van der Waals surface area (Å²) >= 11 is 1.25. The number of anilines is 2. The minimum absolute atomic E-state index is 0.222. The van der Waals surface area contributed by atoms with Gasteiger partial charge in [0.05, 0.1) is 11.9 Å². The molecule has 0 spiro atoms. The maximum Gasteiger partial charge on any atom is 0.267 e. The van der Waals surface area contributed by atoms with Crippen LogP contribution in [0.4, 0.5) is 11.4 Å². The quantitative estimate of drug-likeness (QED) is 0.778. The van der Waals surface area contributed by atoms with Crippen LogP contribution in [0.5, 0.6) is 0 Å². The smallest absolute Gasteiger partial charge is 0.267 e. The Morgan fingerprint density at radius 1 is 1.29 bits per heavy atom. The predicted octanol–water partition coefficient (Wildman–Crippen LogP) is 3.09. The van der Waals surface area contributed by atoms with Gasteiger partial charge in [0.2, 0.25) is 0 Å². The lowest BCUT2D eigenvalue weighted by Gasteiger charge is -2.05. The molecule has 1 amide bonds. The van der Waals surface area contributed by atoms with Crippen molar-refractivity contribution in [2.45, 2.75) is 13.3 Å². The zero-order valence-corrected chi connectivity index (χ0v) is 12.3. The summed E-state index contributed by atoms with van der Waals surface area (Å²) < 4.78 is 0. The molecule has 106 valence electrons.